The van der Waals surface area contributed by atoms with E-state index in [9.17, 15) is 14.4 Å². The lowest BCUT2D eigenvalue weighted by Gasteiger charge is -2.22. The van der Waals surface area contributed by atoms with Crippen LogP contribution in [0.5, 0.6) is 11.5 Å². The van der Waals surface area contributed by atoms with Gasteiger partial charge in [-0.3, -0.25) is 14.5 Å². The summed E-state index contributed by atoms with van der Waals surface area (Å²) < 4.78 is 7.36. The number of amides is 4. The van der Waals surface area contributed by atoms with Gasteiger partial charge in [-0.05, 0) is 66.2 Å². The number of tetrazole rings is 1. The van der Waals surface area contributed by atoms with Gasteiger partial charge in [-0.1, -0.05) is 42.0 Å². The van der Waals surface area contributed by atoms with E-state index in [-0.39, 0.29) is 0 Å². The van der Waals surface area contributed by atoms with Gasteiger partial charge in [0, 0.05) is 0 Å². The number of hydrogen-bond acceptors (Lipinski definition) is 7. The van der Waals surface area contributed by atoms with Gasteiger partial charge in [-0.2, -0.15) is 0 Å². The summed E-state index contributed by atoms with van der Waals surface area (Å²) >= 11 is 0. The molecule has 0 unspecified atom stereocenters. The summed E-state index contributed by atoms with van der Waals surface area (Å²) in [6.45, 7) is 3.10. The first-order chi connectivity index (χ1) is 17.8. The largest absolute Gasteiger partial charge is 0.455 e. The Balaban J connectivity index is 1.31. The maximum atomic E-state index is 13.4. The van der Waals surface area contributed by atoms with Crippen LogP contribution in [0.3, 0.4) is 0 Å². The second-order valence-electron chi connectivity index (χ2n) is 8.71. The first-order valence-corrected chi connectivity index (χ1v) is 11.4. The van der Waals surface area contributed by atoms with Crippen molar-refractivity contribution in [1.82, 2.24) is 30.4 Å². The summed E-state index contributed by atoms with van der Waals surface area (Å²) in [5.74, 6) is -0.0527. The van der Waals surface area contributed by atoms with Crippen LogP contribution in [-0.4, -0.2) is 49.5 Å². The fraction of sp³-hybridized carbons (Fsp3) is 0.154. The minimum atomic E-state index is -1.37. The van der Waals surface area contributed by atoms with Crippen LogP contribution in [0, 0.1) is 6.92 Å². The molecule has 2 N–H and O–H groups in total. The van der Waals surface area contributed by atoms with Crippen LogP contribution >= 0.6 is 0 Å². The molecule has 3 aromatic carbocycles. The predicted octanol–water partition coefficient (Wildman–Crippen LogP) is 3.17. The molecule has 0 aliphatic carbocycles. The Morgan fingerprint density at radius 3 is 2.59 bits per heavy atom. The van der Waals surface area contributed by atoms with Crippen molar-refractivity contribution in [2.24, 2.45) is 0 Å². The highest BCUT2D eigenvalue weighted by molar-refractivity contribution is 6.10. The fourth-order valence-corrected chi connectivity index (χ4v) is 4.00. The number of urea groups is 1. The van der Waals surface area contributed by atoms with E-state index in [0.29, 0.717) is 28.4 Å². The second kappa shape index (κ2) is 9.53. The molecule has 1 atom stereocenters. The van der Waals surface area contributed by atoms with E-state index in [1.807, 2.05) is 31.2 Å². The molecule has 1 fully saturated rings. The van der Waals surface area contributed by atoms with E-state index in [4.69, 9.17) is 4.74 Å². The minimum Gasteiger partial charge on any atom is -0.455 e. The minimum absolute atomic E-state index is 0.414. The third kappa shape index (κ3) is 4.74. The Labute approximate surface area is 212 Å². The summed E-state index contributed by atoms with van der Waals surface area (Å²) in [5, 5.41) is 16.5. The number of carbonyl (C=O) groups is 3. The highest BCUT2D eigenvalue weighted by atomic mass is 16.5. The number of ether oxygens (including phenoxy) is 1. The smallest absolute Gasteiger partial charge is 0.325 e. The van der Waals surface area contributed by atoms with E-state index in [1.54, 1.807) is 55.5 Å². The lowest BCUT2D eigenvalue weighted by molar-refractivity contribution is -0.133. The number of benzene rings is 3. The van der Waals surface area contributed by atoms with Gasteiger partial charge < -0.3 is 15.4 Å². The van der Waals surface area contributed by atoms with Crippen LogP contribution in [0.15, 0.2) is 79.1 Å². The molecule has 0 radical (unpaired) electrons. The number of hydrogen-bond donors (Lipinski definition) is 2. The third-order valence-electron chi connectivity index (χ3n) is 6.02. The van der Waals surface area contributed by atoms with Gasteiger partial charge in [0.25, 0.3) is 5.91 Å². The van der Waals surface area contributed by atoms with Crippen molar-refractivity contribution < 1.29 is 19.1 Å². The molecule has 0 spiro atoms. The van der Waals surface area contributed by atoms with Crippen LogP contribution in [0.4, 0.5) is 10.5 Å². The Morgan fingerprint density at radius 1 is 1.05 bits per heavy atom. The average molecular weight is 498 g/mol. The SMILES string of the molecule is Cc1ccc(Oc2ccccc2NC(=O)CN2C(=O)N[C@@](C)(c3cccc(-n4cnnn4)c3)C2=O)cc1. The van der Waals surface area contributed by atoms with E-state index in [2.05, 4.69) is 26.2 Å². The Morgan fingerprint density at radius 2 is 1.84 bits per heavy atom. The zero-order valence-corrected chi connectivity index (χ0v) is 20.1. The van der Waals surface area contributed by atoms with E-state index in [0.717, 1.165) is 10.5 Å². The Bertz CT molecular complexity index is 1470. The number of nitrogens with zero attached hydrogens (tertiary/aromatic N) is 5. The van der Waals surface area contributed by atoms with Gasteiger partial charge in [0.05, 0.1) is 11.4 Å². The Hall–Kier alpha value is -5.06. The summed E-state index contributed by atoms with van der Waals surface area (Å²) in [5.41, 5.74) is 1.29. The lowest BCUT2D eigenvalue weighted by atomic mass is 9.91. The molecule has 1 aromatic heterocycles. The first kappa shape index (κ1) is 23.7. The average Bonchev–Trinajstić information content (AvgIpc) is 3.51. The first-order valence-electron chi connectivity index (χ1n) is 11.4. The van der Waals surface area contributed by atoms with E-state index in [1.165, 1.54) is 11.0 Å². The zero-order valence-electron chi connectivity index (χ0n) is 20.1. The second-order valence-corrected chi connectivity index (χ2v) is 8.71. The van der Waals surface area contributed by atoms with E-state index >= 15 is 0 Å². The normalized spacial score (nSPS) is 17.0. The van der Waals surface area contributed by atoms with Crippen LogP contribution in [0.2, 0.25) is 0 Å². The maximum absolute atomic E-state index is 13.4. The van der Waals surface area contributed by atoms with Crippen molar-refractivity contribution in [2.45, 2.75) is 19.4 Å². The monoisotopic (exact) mass is 497 g/mol. The van der Waals surface area contributed by atoms with Crippen molar-refractivity contribution in [2.75, 3.05) is 11.9 Å². The molecule has 1 aliphatic heterocycles. The maximum Gasteiger partial charge on any atom is 0.325 e. The molecular weight excluding hydrogens is 474 g/mol. The number of nitrogens with one attached hydrogen (secondary N) is 2. The highest BCUT2D eigenvalue weighted by Crippen LogP contribution is 2.31. The van der Waals surface area contributed by atoms with Crippen molar-refractivity contribution in [3.63, 3.8) is 0 Å². The summed E-state index contributed by atoms with van der Waals surface area (Å²) in [7, 11) is 0. The molecule has 0 saturated carbocycles. The topological polar surface area (TPSA) is 131 Å². The highest BCUT2D eigenvalue weighted by Gasteiger charge is 2.49. The lowest BCUT2D eigenvalue weighted by Crippen LogP contribution is -2.42. The van der Waals surface area contributed by atoms with Gasteiger partial charge in [-0.15, -0.1) is 5.10 Å². The summed E-state index contributed by atoms with van der Waals surface area (Å²) in [4.78, 5) is 39.9. The molecule has 11 heteroatoms. The zero-order chi connectivity index (χ0) is 26.0. The van der Waals surface area contributed by atoms with Gasteiger partial charge in [0.15, 0.2) is 5.75 Å². The van der Waals surface area contributed by atoms with Crippen LogP contribution < -0.4 is 15.4 Å². The summed E-state index contributed by atoms with van der Waals surface area (Å²) in [6.07, 6.45) is 1.42. The number of imide groups is 1. The Kier molecular flexibility index (Phi) is 6.10. The molecule has 186 valence electrons. The fourth-order valence-electron chi connectivity index (χ4n) is 4.00. The number of rotatable bonds is 7. The van der Waals surface area contributed by atoms with Crippen molar-refractivity contribution in [1.29, 1.82) is 0 Å². The van der Waals surface area contributed by atoms with Crippen LogP contribution in [-0.2, 0) is 15.1 Å². The van der Waals surface area contributed by atoms with Crippen LogP contribution in [0.25, 0.3) is 5.69 Å². The number of aromatic nitrogens is 4. The standard InChI is InChI=1S/C26H23N7O4/c1-17-10-12-20(13-11-17)37-22-9-4-3-8-21(22)28-23(34)15-32-24(35)26(2,29-25(32)36)18-6-5-7-19(14-18)33-16-27-30-31-33/h3-14,16H,15H2,1-2H3,(H,28,34)(H,29,36)/t26-/m0/s1. The van der Waals surface area contributed by atoms with Crippen molar-refractivity contribution >= 4 is 23.5 Å². The molecule has 4 amide bonds. The van der Waals surface area contributed by atoms with Gasteiger partial charge in [-0.25, -0.2) is 9.48 Å². The van der Waals surface area contributed by atoms with Gasteiger partial charge in [0.2, 0.25) is 5.91 Å². The third-order valence-corrected chi connectivity index (χ3v) is 6.02. The van der Waals surface area contributed by atoms with Gasteiger partial charge >= 0.3 is 6.03 Å². The molecule has 4 aromatic rings. The predicted molar refractivity (Wildman–Crippen MR) is 133 cm³/mol. The van der Waals surface area contributed by atoms with Gasteiger partial charge in [0.1, 0.15) is 24.2 Å². The van der Waals surface area contributed by atoms with E-state index < -0.39 is 29.9 Å². The number of carbonyl (C=O) groups excluding carboxylic acids is 3. The number of aryl methyl sites for hydroxylation is 1. The molecule has 5 rings (SSSR count). The molecule has 11 nitrogen and oxygen atoms in total. The van der Waals surface area contributed by atoms with Crippen molar-refractivity contribution in [3.8, 4) is 17.2 Å². The molecule has 37 heavy (non-hydrogen) atoms. The molecule has 1 saturated heterocycles. The number of para-hydroxylation sites is 2. The molecular formula is C26H23N7O4. The van der Waals surface area contributed by atoms with Crippen LogP contribution in [0.1, 0.15) is 18.1 Å². The molecule has 0 bridgehead atoms. The summed E-state index contributed by atoms with van der Waals surface area (Å²) in [6, 6.07) is 20.7. The quantitative estimate of drug-likeness (QED) is 0.375. The number of anilines is 1. The molecule has 2 heterocycles. The molecule has 1 aliphatic rings. The van der Waals surface area contributed by atoms with Crippen molar-refractivity contribution in [3.05, 3.63) is 90.3 Å².